The molecular formula is C40H24N4O2. The Morgan fingerprint density at radius 3 is 1.91 bits per heavy atom. The minimum Gasteiger partial charge on any atom is -0.457 e. The van der Waals surface area contributed by atoms with Crippen LogP contribution in [-0.4, -0.2) is 19.5 Å². The van der Waals surface area contributed by atoms with Crippen molar-refractivity contribution in [1.82, 2.24) is 19.5 Å². The van der Waals surface area contributed by atoms with Gasteiger partial charge in [-0.25, -0.2) is 9.97 Å². The summed E-state index contributed by atoms with van der Waals surface area (Å²) in [4.78, 5) is 13.4. The number of aromatic nitrogens is 4. The van der Waals surface area contributed by atoms with E-state index in [0.29, 0.717) is 5.82 Å². The van der Waals surface area contributed by atoms with Crippen molar-refractivity contribution in [3.8, 4) is 40.1 Å². The van der Waals surface area contributed by atoms with Crippen LogP contribution in [0, 0.1) is 0 Å². The molecule has 8 aromatic rings. The van der Waals surface area contributed by atoms with Gasteiger partial charge in [-0.05, 0) is 42.5 Å². The maximum absolute atomic E-state index is 6.80. The number of hydrogen-bond acceptors (Lipinski definition) is 5. The molecule has 2 aliphatic heterocycles. The molecule has 216 valence electrons. The van der Waals surface area contributed by atoms with E-state index in [9.17, 15) is 0 Å². The summed E-state index contributed by atoms with van der Waals surface area (Å²) in [6.45, 7) is 0. The quantitative estimate of drug-likeness (QED) is 0.200. The van der Waals surface area contributed by atoms with Crippen molar-refractivity contribution in [1.29, 1.82) is 0 Å². The molecule has 1 spiro atoms. The Kier molecular flexibility index (Phi) is 5.11. The van der Waals surface area contributed by atoms with Crippen LogP contribution in [0.1, 0.15) is 22.3 Å². The van der Waals surface area contributed by atoms with Crippen LogP contribution < -0.4 is 9.47 Å². The maximum Gasteiger partial charge on any atom is 0.159 e. The molecule has 1 unspecified atom stereocenters. The summed E-state index contributed by atoms with van der Waals surface area (Å²) in [5.41, 5.74) is 7.67. The topological polar surface area (TPSA) is 62.1 Å². The lowest BCUT2D eigenvalue weighted by Crippen LogP contribution is -2.36. The number of pyridine rings is 1. The number of benzene rings is 5. The predicted molar refractivity (Wildman–Crippen MR) is 178 cm³/mol. The SMILES string of the molecule is c1cnc(-c2ccc3c(c2)Oc2ccccc2C32c3ccccc3Oc3cc(-n4c5ccccc5c5cnccc54)ccc32)nc1. The van der Waals surface area contributed by atoms with Gasteiger partial charge in [-0.3, -0.25) is 4.98 Å². The lowest BCUT2D eigenvalue weighted by atomic mass is 9.62. The molecule has 0 radical (unpaired) electrons. The van der Waals surface area contributed by atoms with E-state index >= 15 is 0 Å². The molecule has 0 aliphatic carbocycles. The second-order valence-corrected chi connectivity index (χ2v) is 11.7. The van der Waals surface area contributed by atoms with Crippen LogP contribution in [-0.2, 0) is 5.41 Å². The third-order valence-corrected chi connectivity index (χ3v) is 9.33. The molecule has 0 bridgehead atoms. The van der Waals surface area contributed by atoms with Gasteiger partial charge in [-0.1, -0.05) is 72.8 Å². The monoisotopic (exact) mass is 592 g/mol. The predicted octanol–water partition coefficient (Wildman–Crippen LogP) is 9.23. The number of hydrogen-bond donors (Lipinski definition) is 0. The summed E-state index contributed by atoms with van der Waals surface area (Å²) in [5, 5.41) is 2.28. The van der Waals surface area contributed by atoms with E-state index < -0.39 is 5.41 Å². The second-order valence-electron chi connectivity index (χ2n) is 11.7. The average Bonchev–Trinajstić information content (AvgIpc) is 3.46. The van der Waals surface area contributed by atoms with Gasteiger partial charge in [0.25, 0.3) is 0 Å². The summed E-state index contributed by atoms with van der Waals surface area (Å²) in [7, 11) is 0. The third kappa shape index (κ3) is 3.32. The van der Waals surface area contributed by atoms with Crippen molar-refractivity contribution in [3.05, 3.63) is 168 Å². The van der Waals surface area contributed by atoms with E-state index in [4.69, 9.17) is 9.47 Å². The molecule has 0 N–H and O–H groups in total. The molecule has 46 heavy (non-hydrogen) atoms. The lowest BCUT2D eigenvalue weighted by molar-refractivity contribution is 0.399. The lowest BCUT2D eigenvalue weighted by Gasteiger charge is -2.45. The maximum atomic E-state index is 6.80. The standard InChI is InChI=1S/C40H24N4O2/c1-4-11-33-27(8-1)28-24-41-21-18-34(28)44(33)26-15-17-32-38(23-26)46-36-13-6-3-10-30(36)40(32)29-9-2-5-12-35(29)45-37-22-25(14-16-31(37)40)39-42-19-7-20-43-39/h1-24H. The van der Waals surface area contributed by atoms with Crippen LogP contribution in [0.25, 0.3) is 38.9 Å². The van der Waals surface area contributed by atoms with Crippen molar-refractivity contribution >= 4 is 21.8 Å². The summed E-state index contributed by atoms with van der Waals surface area (Å²) >= 11 is 0. The van der Waals surface area contributed by atoms with E-state index in [1.807, 2.05) is 36.7 Å². The first-order valence-corrected chi connectivity index (χ1v) is 15.3. The van der Waals surface area contributed by atoms with Crippen LogP contribution in [0.4, 0.5) is 0 Å². The summed E-state index contributed by atoms with van der Waals surface area (Å²) in [5.74, 6) is 3.85. The van der Waals surface area contributed by atoms with Crippen molar-refractivity contribution in [2.24, 2.45) is 0 Å². The Labute approximate surface area is 264 Å². The molecule has 0 saturated heterocycles. The van der Waals surface area contributed by atoms with Crippen LogP contribution in [0.5, 0.6) is 23.0 Å². The number of rotatable bonds is 2. The van der Waals surface area contributed by atoms with E-state index in [2.05, 4.69) is 117 Å². The van der Waals surface area contributed by atoms with Gasteiger partial charge in [0.15, 0.2) is 5.82 Å². The van der Waals surface area contributed by atoms with Gasteiger partial charge >= 0.3 is 0 Å². The molecular weight excluding hydrogens is 568 g/mol. The Morgan fingerprint density at radius 1 is 0.500 bits per heavy atom. The highest BCUT2D eigenvalue weighted by Crippen LogP contribution is 2.61. The summed E-state index contributed by atoms with van der Waals surface area (Å²) in [6.07, 6.45) is 7.31. The molecule has 6 heteroatoms. The zero-order valence-corrected chi connectivity index (χ0v) is 24.5. The zero-order valence-electron chi connectivity index (χ0n) is 24.5. The summed E-state index contributed by atoms with van der Waals surface area (Å²) < 4.78 is 15.8. The van der Waals surface area contributed by atoms with Crippen LogP contribution in [0.2, 0.25) is 0 Å². The van der Waals surface area contributed by atoms with E-state index in [0.717, 1.165) is 78.3 Å². The molecule has 5 aromatic carbocycles. The Morgan fingerprint density at radius 2 is 1.13 bits per heavy atom. The fraction of sp³-hybridized carbons (Fsp3) is 0.0250. The second kappa shape index (κ2) is 9.36. The van der Waals surface area contributed by atoms with Gasteiger partial charge in [-0.15, -0.1) is 0 Å². The molecule has 0 fully saturated rings. The van der Waals surface area contributed by atoms with Gasteiger partial charge in [0.05, 0.1) is 16.4 Å². The number of nitrogens with zero attached hydrogens (tertiary/aromatic N) is 4. The zero-order chi connectivity index (χ0) is 30.2. The number of ether oxygens (including phenoxy) is 2. The molecule has 1 atom stereocenters. The molecule has 6 nitrogen and oxygen atoms in total. The Bertz CT molecular complexity index is 2440. The first-order chi connectivity index (χ1) is 22.8. The number of para-hydroxylation sites is 3. The molecule has 3 aromatic heterocycles. The Hall–Kier alpha value is -6.27. The van der Waals surface area contributed by atoms with Crippen molar-refractivity contribution in [2.75, 3.05) is 0 Å². The highest BCUT2D eigenvalue weighted by molar-refractivity contribution is 6.08. The van der Waals surface area contributed by atoms with Crippen molar-refractivity contribution < 1.29 is 9.47 Å². The molecule has 10 rings (SSSR count). The van der Waals surface area contributed by atoms with Crippen LogP contribution >= 0.6 is 0 Å². The van der Waals surface area contributed by atoms with Crippen LogP contribution in [0.15, 0.2) is 146 Å². The highest BCUT2D eigenvalue weighted by Gasteiger charge is 2.50. The third-order valence-electron chi connectivity index (χ3n) is 9.33. The van der Waals surface area contributed by atoms with Crippen molar-refractivity contribution in [2.45, 2.75) is 5.41 Å². The minimum absolute atomic E-state index is 0.653. The van der Waals surface area contributed by atoms with Gasteiger partial charge in [0.1, 0.15) is 23.0 Å². The summed E-state index contributed by atoms with van der Waals surface area (Å²) in [6, 6.07) is 41.9. The molecule has 0 amide bonds. The van der Waals surface area contributed by atoms with Gasteiger partial charge in [0, 0.05) is 75.1 Å². The average molecular weight is 593 g/mol. The van der Waals surface area contributed by atoms with Crippen molar-refractivity contribution in [3.63, 3.8) is 0 Å². The van der Waals surface area contributed by atoms with E-state index in [1.54, 1.807) is 12.4 Å². The van der Waals surface area contributed by atoms with Gasteiger partial charge in [0.2, 0.25) is 0 Å². The molecule has 5 heterocycles. The van der Waals surface area contributed by atoms with E-state index in [1.165, 1.54) is 0 Å². The fourth-order valence-corrected chi connectivity index (χ4v) is 7.48. The Balaban J connectivity index is 1.27. The van der Waals surface area contributed by atoms with Gasteiger partial charge in [-0.2, -0.15) is 0 Å². The molecule has 0 saturated carbocycles. The largest absolute Gasteiger partial charge is 0.457 e. The van der Waals surface area contributed by atoms with Gasteiger partial charge < -0.3 is 14.0 Å². The fourth-order valence-electron chi connectivity index (χ4n) is 7.48. The van der Waals surface area contributed by atoms with E-state index in [-0.39, 0.29) is 0 Å². The first-order valence-electron chi connectivity index (χ1n) is 15.3. The normalized spacial score (nSPS) is 15.8. The number of fused-ring (bicyclic) bond motifs is 11. The highest BCUT2D eigenvalue weighted by atomic mass is 16.5. The molecule has 2 aliphatic rings. The smallest absolute Gasteiger partial charge is 0.159 e. The first kappa shape index (κ1) is 25.1. The minimum atomic E-state index is -0.687. The van der Waals surface area contributed by atoms with Crippen LogP contribution in [0.3, 0.4) is 0 Å².